The zero-order valence-electron chi connectivity index (χ0n) is 18.9. The number of hydrogen-bond donors (Lipinski definition) is 0. The molecule has 0 radical (unpaired) electrons. The Hall–Kier alpha value is -1.63. The lowest BCUT2D eigenvalue weighted by Gasteiger charge is -2.38. The van der Waals surface area contributed by atoms with Crippen molar-refractivity contribution in [1.82, 2.24) is 9.96 Å². The van der Waals surface area contributed by atoms with Crippen LogP contribution in [0.15, 0.2) is 48.5 Å². The summed E-state index contributed by atoms with van der Waals surface area (Å²) in [5.74, 6) is -0.117. The highest BCUT2D eigenvalue weighted by atomic mass is 35.5. The molecule has 5 nitrogen and oxygen atoms in total. The third-order valence-electron chi connectivity index (χ3n) is 6.30. The number of ether oxygens (including phenoxy) is 1. The van der Waals surface area contributed by atoms with Gasteiger partial charge in [-0.3, -0.25) is 4.79 Å². The van der Waals surface area contributed by atoms with Crippen LogP contribution in [-0.4, -0.2) is 48.4 Å². The largest absolute Gasteiger partial charge is 0.350 e. The number of piperidine rings is 1. The van der Waals surface area contributed by atoms with Crippen LogP contribution >= 0.6 is 23.2 Å². The second-order valence-corrected chi connectivity index (χ2v) is 9.65. The van der Waals surface area contributed by atoms with Crippen LogP contribution < -0.4 is 0 Å². The first-order chi connectivity index (χ1) is 16.1. The molecule has 0 saturated carbocycles. The van der Waals surface area contributed by atoms with E-state index in [0.717, 1.165) is 50.0 Å². The van der Waals surface area contributed by atoms with Crippen LogP contribution in [0.25, 0.3) is 0 Å². The smallest absolute Gasteiger partial charge is 0.251 e. The first-order valence-electron chi connectivity index (χ1n) is 11.9. The molecule has 2 aromatic rings. The highest BCUT2D eigenvalue weighted by molar-refractivity contribution is 6.42. The van der Waals surface area contributed by atoms with Crippen molar-refractivity contribution < 1.29 is 14.4 Å². The van der Waals surface area contributed by atoms with Crippen molar-refractivity contribution in [2.24, 2.45) is 0 Å². The number of carbonyl (C=O) groups is 1. The van der Waals surface area contributed by atoms with Gasteiger partial charge in [-0.2, -0.15) is 0 Å². The fourth-order valence-corrected chi connectivity index (χ4v) is 4.83. The van der Waals surface area contributed by atoms with Crippen LogP contribution in [0.3, 0.4) is 0 Å². The minimum Gasteiger partial charge on any atom is -0.350 e. The zero-order chi connectivity index (χ0) is 23.0. The van der Waals surface area contributed by atoms with E-state index < -0.39 is 6.29 Å². The van der Waals surface area contributed by atoms with E-state index in [9.17, 15) is 4.79 Å². The maximum Gasteiger partial charge on any atom is 0.251 e. The van der Waals surface area contributed by atoms with E-state index in [0.29, 0.717) is 16.7 Å². The molecule has 2 aliphatic heterocycles. The van der Waals surface area contributed by atoms with Gasteiger partial charge in [-0.1, -0.05) is 66.0 Å². The summed E-state index contributed by atoms with van der Waals surface area (Å²) in [6, 6.07) is 15.2. The van der Waals surface area contributed by atoms with E-state index in [-0.39, 0.29) is 18.4 Å². The van der Waals surface area contributed by atoms with Crippen molar-refractivity contribution in [1.29, 1.82) is 0 Å². The number of hydroxylamine groups is 2. The monoisotopic (exact) mass is 490 g/mol. The fraction of sp³-hybridized carbons (Fsp3) is 0.500. The van der Waals surface area contributed by atoms with Gasteiger partial charge in [0.05, 0.1) is 22.5 Å². The number of halogens is 2. The number of nitrogens with zero attached hydrogens (tertiary/aromatic N) is 2. The van der Waals surface area contributed by atoms with Crippen molar-refractivity contribution in [2.75, 3.05) is 26.2 Å². The molecular formula is C26H32Cl2N2O3. The molecule has 2 unspecified atom stereocenters. The molecule has 2 atom stereocenters. The SMILES string of the molecule is O=C(Cc1ccc(Cl)c(Cl)c1)N(OC1CCCCO1)C(CN1CCCCC1)c1ccccc1. The average Bonchev–Trinajstić information content (AvgIpc) is 2.85. The highest BCUT2D eigenvalue weighted by Gasteiger charge is 2.32. The zero-order valence-corrected chi connectivity index (χ0v) is 20.4. The number of carbonyl (C=O) groups excluding carboxylic acids is 1. The first kappa shape index (κ1) is 24.5. The Morgan fingerprint density at radius 1 is 1.03 bits per heavy atom. The van der Waals surface area contributed by atoms with Gasteiger partial charge < -0.3 is 9.64 Å². The summed E-state index contributed by atoms with van der Waals surface area (Å²) in [6.07, 6.45) is 6.22. The van der Waals surface area contributed by atoms with Crippen LogP contribution in [0.4, 0.5) is 0 Å². The summed E-state index contributed by atoms with van der Waals surface area (Å²) < 4.78 is 5.85. The van der Waals surface area contributed by atoms with E-state index in [2.05, 4.69) is 17.0 Å². The minimum absolute atomic E-state index is 0.117. The molecule has 2 aromatic carbocycles. The second-order valence-electron chi connectivity index (χ2n) is 8.83. The Labute approximate surface area is 206 Å². The third kappa shape index (κ3) is 6.93. The van der Waals surface area contributed by atoms with Crippen molar-refractivity contribution in [3.8, 4) is 0 Å². The Morgan fingerprint density at radius 3 is 2.52 bits per heavy atom. The average molecular weight is 491 g/mol. The lowest BCUT2D eigenvalue weighted by atomic mass is 10.0. The third-order valence-corrected chi connectivity index (χ3v) is 7.04. The van der Waals surface area contributed by atoms with E-state index in [1.54, 1.807) is 17.2 Å². The van der Waals surface area contributed by atoms with Gasteiger partial charge in [0.1, 0.15) is 0 Å². The highest BCUT2D eigenvalue weighted by Crippen LogP contribution is 2.29. The van der Waals surface area contributed by atoms with E-state index in [1.807, 2.05) is 24.3 Å². The van der Waals surface area contributed by atoms with Crippen molar-refractivity contribution in [2.45, 2.75) is 57.3 Å². The predicted molar refractivity (Wildman–Crippen MR) is 131 cm³/mol. The molecule has 2 saturated heterocycles. The minimum atomic E-state index is -0.413. The molecule has 2 fully saturated rings. The van der Waals surface area contributed by atoms with Gasteiger partial charge in [-0.05, 0) is 62.0 Å². The van der Waals surface area contributed by atoms with Crippen LogP contribution in [0, 0.1) is 0 Å². The number of amides is 1. The summed E-state index contributed by atoms with van der Waals surface area (Å²) in [5.41, 5.74) is 1.86. The van der Waals surface area contributed by atoms with Gasteiger partial charge >= 0.3 is 0 Å². The van der Waals surface area contributed by atoms with E-state index >= 15 is 0 Å². The topological polar surface area (TPSA) is 42.0 Å². The Morgan fingerprint density at radius 2 is 1.82 bits per heavy atom. The van der Waals surface area contributed by atoms with Crippen LogP contribution in [0.1, 0.15) is 55.7 Å². The Kier molecular flexibility index (Phi) is 9.04. The van der Waals surface area contributed by atoms with Crippen LogP contribution in [-0.2, 0) is 20.8 Å². The molecule has 0 spiro atoms. The Balaban J connectivity index is 1.61. The molecule has 0 aromatic heterocycles. The van der Waals surface area contributed by atoms with Gasteiger partial charge in [-0.15, -0.1) is 0 Å². The van der Waals surface area contributed by atoms with Gasteiger partial charge in [-0.25, -0.2) is 9.90 Å². The molecule has 33 heavy (non-hydrogen) atoms. The summed E-state index contributed by atoms with van der Waals surface area (Å²) >= 11 is 12.3. The predicted octanol–water partition coefficient (Wildman–Crippen LogP) is 6.05. The lowest BCUT2D eigenvalue weighted by Crippen LogP contribution is -2.46. The molecule has 0 bridgehead atoms. The second kappa shape index (κ2) is 12.2. The fourth-order valence-electron chi connectivity index (χ4n) is 4.51. The van der Waals surface area contributed by atoms with Gasteiger partial charge in [0, 0.05) is 19.6 Å². The van der Waals surface area contributed by atoms with Crippen molar-refractivity contribution in [3.63, 3.8) is 0 Å². The summed E-state index contributed by atoms with van der Waals surface area (Å²) in [7, 11) is 0. The number of hydrogen-bond acceptors (Lipinski definition) is 4. The number of benzene rings is 2. The van der Waals surface area contributed by atoms with Crippen LogP contribution in [0.5, 0.6) is 0 Å². The molecule has 4 rings (SSSR count). The number of likely N-dealkylation sites (tertiary alicyclic amines) is 1. The quantitative estimate of drug-likeness (QED) is 0.422. The first-order valence-corrected chi connectivity index (χ1v) is 12.7. The van der Waals surface area contributed by atoms with Crippen molar-refractivity contribution in [3.05, 3.63) is 69.7 Å². The normalized spacial score (nSPS) is 20.4. The van der Waals surface area contributed by atoms with E-state index in [1.165, 1.54) is 19.3 Å². The molecule has 0 N–H and O–H groups in total. The lowest BCUT2D eigenvalue weighted by molar-refractivity contribution is -0.294. The standard InChI is InChI=1S/C26H32Cl2N2O3/c27-22-13-12-20(17-23(22)28)18-25(31)30(33-26-11-5-8-16-32-26)24(21-9-3-1-4-10-21)19-29-14-6-2-7-15-29/h1,3-4,9-10,12-13,17,24,26H,2,5-8,11,14-16,18-19H2. The molecule has 178 valence electrons. The van der Waals surface area contributed by atoms with E-state index in [4.69, 9.17) is 32.8 Å². The molecule has 1 amide bonds. The molecule has 0 aliphatic carbocycles. The Bertz CT molecular complexity index is 900. The maximum atomic E-state index is 13.7. The molecule has 2 heterocycles. The number of rotatable bonds is 8. The molecular weight excluding hydrogens is 459 g/mol. The summed E-state index contributed by atoms with van der Waals surface area (Å²) in [5, 5.41) is 2.49. The molecule has 2 aliphatic rings. The maximum absolute atomic E-state index is 13.7. The summed E-state index contributed by atoms with van der Waals surface area (Å²) in [6.45, 7) is 3.46. The summed E-state index contributed by atoms with van der Waals surface area (Å²) in [4.78, 5) is 22.4. The van der Waals surface area contributed by atoms with Gasteiger partial charge in [0.15, 0.2) is 6.29 Å². The molecule has 7 heteroatoms. The van der Waals surface area contributed by atoms with Gasteiger partial charge in [0.2, 0.25) is 0 Å². The van der Waals surface area contributed by atoms with Crippen LogP contribution in [0.2, 0.25) is 10.0 Å². The van der Waals surface area contributed by atoms with Gasteiger partial charge in [0.25, 0.3) is 5.91 Å². The van der Waals surface area contributed by atoms with Crippen molar-refractivity contribution >= 4 is 29.1 Å².